The molecule has 2 aromatic carbocycles. The van der Waals surface area contributed by atoms with Gasteiger partial charge in [0.1, 0.15) is 0 Å². The number of benzene rings is 2. The van der Waals surface area contributed by atoms with Crippen LogP contribution < -0.4 is 5.32 Å². The van der Waals surface area contributed by atoms with Crippen molar-refractivity contribution >= 4 is 11.6 Å². The van der Waals surface area contributed by atoms with Crippen LogP contribution in [-0.2, 0) is 13.1 Å². The number of carbonyl (C=O) groups is 1. The summed E-state index contributed by atoms with van der Waals surface area (Å²) < 4.78 is 15.3. The van der Waals surface area contributed by atoms with Crippen LogP contribution in [0.5, 0.6) is 0 Å². The van der Waals surface area contributed by atoms with Gasteiger partial charge >= 0.3 is 5.69 Å². The summed E-state index contributed by atoms with van der Waals surface area (Å²) in [6, 6.07) is 13.0. The fourth-order valence-electron chi connectivity index (χ4n) is 2.96. The second kappa shape index (κ2) is 7.99. The zero-order valence-corrected chi connectivity index (χ0v) is 15.5. The van der Waals surface area contributed by atoms with Crippen molar-refractivity contribution in [3.8, 4) is 0 Å². The van der Waals surface area contributed by atoms with Crippen molar-refractivity contribution in [3.05, 3.63) is 92.5 Å². The van der Waals surface area contributed by atoms with Gasteiger partial charge < -0.3 is 5.32 Å². The molecule has 0 unspecified atom stereocenters. The van der Waals surface area contributed by atoms with Gasteiger partial charge in [0.25, 0.3) is 5.91 Å². The molecule has 3 rings (SSSR count). The summed E-state index contributed by atoms with van der Waals surface area (Å²) in [4.78, 5) is 22.3. The molecular weight excluding hydrogens is 363 g/mol. The predicted molar refractivity (Wildman–Crippen MR) is 101 cm³/mol. The average Bonchev–Trinajstić information content (AvgIpc) is 2.93. The number of amides is 1. The normalized spacial score (nSPS) is 10.7. The van der Waals surface area contributed by atoms with Crippen LogP contribution in [-0.4, -0.2) is 20.6 Å². The van der Waals surface area contributed by atoms with Gasteiger partial charge in [-0.1, -0.05) is 30.3 Å². The largest absolute Gasteiger partial charge is 0.348 e. The standard InChI is InChI=1S/C20H19FN4O3/c1-13-17(14(2)24(23-13)12-15-6-4-3-5-7-15)11-22-20(26)16-8-9-18(21)19(10-16)25(27)28/h3-10H,11-12H2,1-2H3,(H,22,26). The average molecular weight is 382 g/mol. The maximum absolute atomic E-state index is 13.4. The highest BCUT2D eigenvalue weighted by Crippen LogP contribution is 2.19. The number of nitrogens with zero attached hydrogens (tertiary/aromatic N) is 3. The molecule has 1 amide bonds. The van der Waals surface area contributed by atoms with Gasteiger partial charge in [-0.25, -0.2) is 0 Å². The molecule has 1 aromatic heterocycles. The first kappa shape index (κ1) is 19.2. The second-order valence-electron chi connectivity index (χ2n) is 6.40. The molecule has 0 aliphatic carbocycles. The van der Waals surface area contributed by atoms with Gasteiger partial charge in [-0.05, 0) is 31.5 Å². The molecular formula is C20H19FN4O3. The number of nitrogens with one attached hydrogen (secondary N) is 1. The number of nitro groups is 1. The summed E-state index contributed by atoms with van der Waals surface area (Å²) in [6.07, 6.45) is 0. The Balaban J connectivity index is 1.73. The number of halogens is 1. The number of hydrogen-bond acceptors (Lipinski definition) is 4. The van der Waals surface area contributed by atoms with Gasteiger partial charge in [0.2, 0.25) is 5.82 Å². The fourth-order valence-corrected chi connectivity index (χ4v) is 2.96. The van der Waals surface area contributed by atoms with Gasteiger partial charge in [0.15, 0.2) is 0 Å². The van der Waals surface area contributed by atoms with E-state index >= 15 is 0 Å². The quantitative estimate of drug-likeness (QED) is 0.522. The summed E-state index contributed by atoms with van der Waals surface area (Å²) in [6.45, 7) is 4.62. The molecule has 144 valence electrons. The van der Waals surface area contributed by atoms with Crippen molar-refractivity contribution < 1.29 is 14.1 Å². The van der Waals surface area contributed by atoms with Crippen LogP contribution in [0.3, 0.4) is 0 Å². The molecule has 7 nitrogen and oxygen atoms in total. The molecule has 3 aromatic rings. The highest BCUT2D eigenvalue weighted by atomic mass is 19.1. The minimum atomic E-state index is -0.976. The molecule has 0 spiro atoms. The number of carbonyl (C=O) groups excluding carboxylic acids is 1. The molecule has 0 aliphatic heterocycles. The van der Waals surface area contributed by atoms with Crippen molar-refractivity contribution in [2.75, 3.05) is 0 Å². The summed E-state index contributed by atoms with van der Waals surface area (Å²) in [5, 5.41) is 18.1. The topological polar surface area (TPSA) is 90.1 Å². The first-order valence-electron chi connectivity index (χ1n) is 8.65. The maximum atomic E-state index is 13.4. The minimum absolute atomic E-state index is 0.0279. The number of hydrogen-bond donors (Lipinski definition) is 1. The Morgan fingerprint density at radius 3 is 2.61 bits per heavy atom. The lowest BCUT2D eigenvalue weighted by Gasteiger charge is -2.08. The van der Waals surface area contributed by atoms with E-state index in [0.29, 0.717) is 6.54 Å². The van der Waals surface area contributed by atoms with Crippen LogP contribution in [0.2, 0.25) is 0 Å². The zero-order chi connectivity index (χ0) is 20.3. The summed E-state index contributed by atoms with van der Waals surface area (Å²) in [7, 11) is 0. The third-order valence-electron chi connectivity index (χ3n) is 4.54. The van der Waals surface area contributed by atoms with Crippen molar-refractivity contribution in [2.24, 2.45) is 0 Å². The fraction of sp³-hybridized carbons (Fsp3) is 0.200. The predicted octanol–water partition coefficient (Wildman–Crippen LogP) is 3.53. The third-order valence-corrected chi connectivity index (χ3v) is 4.54. The van der Waals surface area contributed by atoms with Crippen molar-refractivity contribution in [2.45, 2.75) is 26.9 Å². The minimum Gasteiger partial charge on any atom is -0.348 e. The van der Waals surface area contributed by atoms with Crippen LogP contribution in [0, 0.1) is 29.8 Å². The van der Waals surface area contributed by atoms with Crippen LogP contribution >= 0.6 is 0 Å². The van der Waals surface area contributed by atoms with E-state index in [4.69, 9.17) is 0 Å². The molecule has 0 aliphatic rings. The Morgan fingerprint density at radius 2 is 1.93 bits per heavy atom. The summed E-state index contributed by atoms with van der Waals surface area (Å²) in [5.74, 6) is -1.49. The second-order valence-corrected chi connectivity index (χ2v) is 6.40. The molecule has 0 bridgehead atoms. The van der Waals surface area contributed by atoms with Gasteiger partial charge in [0.05, 0.1) is 17.2 Å². The Bertz CT molecular complexity index is 1030. The number of rotatable bonds is 6. The molecule has 0 saturated heterocycles. The van der Waals surface area contributed by atoms with Crippen molar-refractivity contribution in [1.29, 1.82) is 0 Å². The molecule has 0 saturated carbocycles. The summed E-state index contributed by atoms with van der Waals surface area (Å²) in [5.41, 5.74) is 3.00. The van der Waals surface area contributed by atoms with E-state index in [2.05, 4.69) is 10.4 Å². The smallest absolute Gasteiger partial charge is 0.305 e. The lowest BCUT2D eigenvalue weighted by Crippen LogP contribution is -2.23. The van der Waals surface area contributed by atoms with Crippen LogP contribution in [0.25, 0.3) is 0 Å². The lowest BCUT2D eigenvalue weighted by molar-refractivity contribution is -0.387. The van der Waals surface area contributed by atoms with Gasteiger partial charge in [0, 0.05) is 29.4 Å². The van der Waals surface area contributed by atoms with Gasteiger partial charge in [-0.3, -0.25) is 19.6 Å². The Hall–Kier alpha value is -3.55. The Labute approximate surface area is 161 Å². The van der Waals surface area contributed by atoms with Crippen LogP contribution in [0.4, 0.5) is 10.1 Å². The van der Waals surface area contributed by atoms with Gasteiger partial charge in [-0.15, -0.1) is 0 Å². The SMILES string of the molecule is Cc1nn(Cc2ccccc2)c(C)c1CNC(=O)c1ccc(F)c([N+](=O)[O-])c1. The zero-order valence-electron chi connectivity index (χ0n) is 15.5. The monoisotopic (exact) mass is 382 g/mol. The first-order chi connectivity index (χ1) is 13.4. The van der Waals surface area contributed by atoms with E-state index < -0.39 is 22.3 Å². The van der Waals surface area contributed by atoms with Crippen LogP contribution in [0.15, 0.2) is 48.5 Å². The van der Waals surface area contributed by atoms with E-state index in [-0.39, 0.29) is 12.1 Å². The highest BCUT2D eigenvalue weighted by molar-refractivity contribution is 5.94. The number of aryl methyl sites for hydroxylation is 1. The number of aromatic nitrogens is 2. The highest BCUT2D eigenvalue weighted by Gasteiger charge is 2.18. The van der Waals surface area contributed by atoms with Crippen molar-refractivity contribution in [1.82, 2.24) is 15.1 Å². The molecule has 0 radical (unpaired) electrons. The first-order valence-corrected chi connectivity index (χ1v) is 8.65. The molecule has 0 atom stereocenters. The molecule has 1 heterocycles. The third kappa shape index (κ3) is 4.06. The van der Waals surface area contributed by atoms with E-state index in [1.807, 2.05) is 48.9 Å². The lowest BCUT2D eigenvalue weighted by atomic mass is 10.1. The van der Waals surface area contributed by atoms with E-state index in [9.17, 15) is 19.3 Å². The summed E-state index contributed by atoms with van der Waals surface area (Å²) >= 11 is 0. The van der Waals surface area contributed by atoms with E-state index in [0.717, 1.165) is 34.6 Å². The van der Waals surface area contributed by atoms with Gasteiger partial charge in [-0.2, -0.15) is 9.49 Å². The maximum Gasteiger partial charge on any atom is 0.305 e. The Morgan fingerprint density at radius 1 is 1.21 bits per heavy atom. The molecule has 0 fully saturated rings. The molecule has 1 N–H and O–H groups in total. The van der Waals surface area contributed by atoms with Crippen LogP contribution in [0.1, 0.15) is 32.9 Å². The van der Waals surface area contributed by atoms with E-state index in [1.165, 1.54) is 6.07 Å². The molecule has 8 heteroatoms. The molecule has 28 heavy (non-hydrogen) atoms. The Kier molecular flexibility index (Phi) is 5.49. The van der Waals surface area contributed by atoms with E-state index in [1.54, 1.807) is 0 Å². The number of nitro benzene ring substituents is 1. The van der Waals surface area contributed by atoms with Crippen molar-refractivity contribution in [3.63, 3.8) is 0 Å².